The van der Waals surface area contributed by atoms with Crippen molar-refractivity contribution in [2.45, 2.75) is 49.9 Å². The number of aliphatic hydroxyl groups is 2. The summed E-state index contributed by atoms with van der Waals surface area (Å²) in [5.74, 6) is -0.197. The van der Waals surface area contributed by atoms with E-state index < -0.39 is 54.7 Å². The first-order valence-corrected chi connectivity index (χ1v) is 17.1. The smallest absolute Gasteiger partial charge is 0.405 e. The Hall–Kier alpha value is -4.83. The minimum absolute atomic E-state index is 0.0142. The highest BCUT2D eigenvalue weighted by molar-refractivity contribution is 5.82. The standard InChI is InChI=1S/C37H41F3N6O6/c38-37(39,40)22-43-36(50)30-20-45(19-28-10-11-32(52-28)25-6-2-1-3-7-25)12-13-46(30)18-27(47)15-26(14-24-16-41-23-42-17-24)35(49)44-34-29-8-4-5-9-33(29)51-21-31(34)48/h1-11,16-17,23,26-27,30-31,34,47-48H,12-15,18-22H2,(H,43,50)(H,44,49)/t26-,27+,30+,31-,34+/m1/s1. The number of halogens is 3. The zero-order chi connectivity index (χ0) is 36.7. The fourth-order valence-corrected chi connectivity index (χ4v) is 6.70. The average Bonchev–Trinajstić information content (AvgIpc) is 3.61. The van der Waals surface area contributed by atoms with Gasteiger partial charge in [0.1, 0.15) is 48.9 Å². The van der Waals surface area contributed by atoms with Gasteiger partial charge in [-0.05, 0) is 36.6 Å². The SMILES string of the molecule is O=C(N[C@H]1c2ccccc2OC[C@H]1O)[C@H](Cc1cncnc1)C[C@H](O)CN1CCN(Cc2ccc(-c3ccccc3)o2)C[C@H]1C(=O)NCC(F)(F)F. The number of benzene rings is 2. The van der Waals surface area contributed by atoms with E-state index in [1.807, 2.05) is 52.7 Å². The van der Waals surface area contributed by atoms with Gasteiger partial charge in [-0.1, -0.05) is 48.5 Å². The van der Waals surface area contributed by atoms with Crippen LogP contribution in [0.1, 0.15) is 29.3 Å². The summed E-state index contributed by atoms with van der Waals surface area (Å²) >= 11 is 0. The molecule has 4 aromatic rings. The van der Waals surface area contributed by atoms with Crippen LogP contribution in [0.4, 0.5) is 13.2 Å². The molecule has 0 bridgehead atoms. The maximum absolute atomic E-state index is 13.8. The Labute approximate surface area is 298 Å². The van der Waals surface area contributed by atoms with E-state index in [2.05, 4.69) is 15.3 Å². The van der Waals surface area contributed by atoms with Crippen LogP contribution in [0.5, 0.6) is 5.75 Å². The number of aromatic nitrogens is 2. The molecule has 15 heteroatoms. The van der Waals surface area contributed by atoms with Gasteiger partial charge in [-0.2, -0.15) is 13.2 Å². The number of piperazine rings is 1. The molecule has 2 amide bonds. The molecule has 0 spiro atoms. The molecule has 6 rings (SSSR count). The van der Waals surface area contributed by atoms with E-state index in [0.29, 0.717) is 41.5 Å². The molecule has 12 nitrogen and oxygen atoms in total. The second-order valence-electron chi connectivity index (χ2n) is 13.2. The molecule has 4 heterocycles. The highest BCUT2D eigenvalue weighted by Gasteiger charge is 2.38. The Kier molecular flexibility index (Phi) is 11.8. The van der Waals surface area contributed by atoms with Crippen LogP contribution in [-0.4, -0.2) is 106 Å². The maximum atomic E-state index is 13.8. The minimum atomic E-state index is -4.60. The predicted molar refractivity (Wildman–Crippen MR) is 183 cm³/mol. The topological polar surface area (TPSA) is 153 Å². The van der Waals surface area contributed by atoms with E-state index in [-0.39, 0.29) is 39.1 Å². The number of carbonyl (C=O) groups excluding carboxylic acids is 2. The van der Waals surface area contributed by atoms with Crippen LogP contribution < -0.4 is 15.4 Å². The molecule has 2 aliphatic heterocycles. The number of β-amino-alcohol motifs (C(OH)–C–C–N with tert-alkyl or cyclic N) is 1. The van der Waals surface area contributed by atoms with Crippen molar-refractivity contribution < 1.29 is 42.1 Å². The van der Waals surface area contributed by atoms with Crippen molar-refractivity contribution in [2.24, 2.45) is 5.92 Å². The van der Waals surface area contributed by atoms with Gasteiger partial charge in [0.15, 0.2) is 0 Å². The summed E-state index contributed by atoms with van der Waals surface area (Å²) in [7, 11) is 0. The van der Waals surface area contributed by atoms with Crippen LogP contribution >= 0.6 is 0 Å². The Morgan fingerprint density at radius 1 is 1.00 bits per heavy atom. The second kappa shape index (κ2) is 16.7. The summed E-state index contributed by atoms with van der Waals surface area (Å²) in [5.41, 5.74) is 2.17. The van der Waals surface area contributed by atoms with Crippen molar-refractivity contribution in [3.05, 3.63) is 102 Å². The molecular weight excluding hydrogens is 681 g/mol. The van der Waals surface area contributed by atoms with Gasteiger partial charge < -0.3 is 30.0 Å². The summed E-state index contributed by atoms with van der Waals surface area (Å²) < 4.78 is 51.0. The van der Waals surface area contributed by atoms with Crippen molar-refractivity contribution >= 4 is 11.8 Å². The number of amides is 2. The molecule has 2 aromatic heterocycles. The van der Waals surface area contributed by atoms with Gasteiger partial charge in [-0.3, -0.25) is 19.4 Å². The number of carbonyl (C=O) groups is 2. The number of hydrogen-bond acceptors (Lipinski definition) is 10. The first-order valence-electron chi connectivity index (χ1n) is 17.1. The number of nitrogens with one attached hydrogen (secondary N) is 2. The van der Waals surface area contributed by atoms with E-state index in [9.17, 15) is 33.0 Å². The van der Waals surface area contributed by atoms with Gasteiger partial charge in [0.2, 0.25) is 11.8 Å². The molecule has 1 saturated heterocycles. The van der Waals surface area contributed by atoms with Crippen molar-refractivity contribution in [2.75, 3.05) is 39.3 Å². The Morgan fingerprint density at radius 3 is 2.52 bits per heavy atom. The number of alkyl halides is 3. The highest BCUT2D eigenvalue weighted by Crippen LogP contribution is 2.32. The summed E-state index contributed by atoms with van der Waals surface area (Å²) in [6.07, 6.45) is -2.13. The lowest BCUT2D eigenvalue weighted by molar-refractivity contribution is -0.143. The molecule has 4 N–H and O–H groups in total. The summed E-state index contributed by atoms with van der Waals surface area (Å²) in [6, 6.07) is 18.5. The van der Waals surface area contributed by atoms with Gasteiger partial charge >= 0.3 is 6.18 Å². The first kappa shape index (κ1) is 36.9. The summed E-state index contributed by atoms with van der Waals surface area (Å²) in [6.45, 7) is -0.446. The largest absolute Gasteiger partial charge is 0.490 e. The van der Waals surface area contributed by atoms with E-state index in [4.69, 9.17) is 9.15 Å². The van der Waals surface area contributed by atoms with Gasteiger partial charge in [0.05, 0.1) is 18.7 Å². The molecule has 1 fully saturated rings. The van der Waals surface area contributed by atoms with Crippen molar-refractivity contribution in [3.63, 3.8) is 0 Å². The van der Waals surface area contributed by atoms with Gasteiger partial charge in [0, 0.05) is 55.6 Å². The molecular formula is C37H41F3N6O6. The molecule has 0 radical (unpaired) electrons. The maximum Gasteiger partial charge on any atom is 0.405 e. The third-order valence-corrected chi connectivity index (χ3v) is 9.26. The van der Waals surface area contributed by atoms with Crippen molar-refractivity contribution in [1.29, 1.82) is 0 Å². The minimum Gasteiger partial charge on any atom is -0.490 e. The van der Waals surface area contributed by atoms with Crippen molar-refractivity contribution in [1.82, 2.24) is 30.4 Å². The lowest BCUT2D eigenvalue weighted by atomic mass is 9.91. The van der Waals surface area contributed by atoms with E-state index in [0.717, 1.165) is 5.56 Å². The second-order valence-corrected chi connectivity index (χ2v) is 13.2. The van der Waals surface area contributed by atoms with Gasteiger partial charge in [0.25, 0.3) is 0 Å². The lowest BCUT2D eigenvalue weighted by Gasteiger charge is -2.41. The number of hydrogen-bond donors (Lipinski definition) is 4. The first-order chi connectivity index (χ1) is 25.0. The van der Waals surface area contributed by atoms with Crippen LogP contribution in [0, 0.1) is 5.92 Å². The van der Waals surface area contributed by atoms with Gasteiger partial charge in [-0.25, -0.2) is 9.97 Å². The molecule has 276 valence electrons. The predicted octanol–water partition coefficient (Wildman–Crippen LogP) is 3.12. The quantitative estimate of drug-likeness (QED) is 0.162. The zero-order valence-electron chi connectivity index (χ0n) is 28.3. The molecule has 0 unspecified atom stereocenters. The van der Waals surface area contributed by atoms with Crippen LogP contribution in [0.3, 0.4) is 0 Å². The third-order valence-electron chi connectivity index (χ3n) is 9.26. The number of furan rings is 1. The molecule has 2 aliphatic rings. The number of fused-ring (bicyclic) bond motifs is 1. The Morgan fingerprint density at radius 2 is 1.75 bits per heavy atom. The number of aliphatic hydroxyl groups excluding tert-OH is 2. The molecule has 0 saturated carbocycles. The van der Waals surface area contributed by atoms with Crippen LogP contribution in [0.2, 0.25) is 0 Å². The zero-order valence-corrected chi connectivity index (χ0v) is 28.3. The Bertz CT molecular complexity index is 1780. The lowest BCUT2D eigenvalue weighted by Crippen LogP contribution is -2.60. The van der Waals surface area contributed by atoms with Crippen LogP contribution in [0.25, 0.3) is 11.3 Å². The highest BCUT2D eigenvalue weighted by atomic mass is 19.4. The number of ether oxygens (including phenoxy) is 1. The number of nitrogens with zero attached hydrogens (tertiary/aromatic N) is 4. The summed E-state index contributed by atoms with van der Waals surface area (Å²) in [4.78, 5) is 38.8. The van der Waals surface area contributed by atoms with Crippen molar-refractivity contribution in [3.8, 4) is 17.1 Å². The number of rotatable bonds is 13. The van der Waals surface area contributed by atoms with Crippen LogP contribution in [0.15, 0.2) is 89.9 Å². The molecule has 0 aliphatic carbocycles. The van der Waals surface area contributed by atoms with Gasteiger partial charge in [-0.15, -0.1) is 0 Å². The number of para-hydroxylation sites is 1. The average molecular weight is 723 g/mol. The van der Waals surface area contributed by atoms with E-state index >= 15 is 0 Å². The normalized spacial score (nSPS) is 20.7. The fourth-order valence-electron chi connectivity index (χ4n) is 6.70. The monoisotopic (exact) mass is 722 g/mol. The molecule has 52 heavy (non-hydrogen) atoms. The van der Waals surface area contributed by atoms with E-state index in [1.165, 1.54) is 6.33 Å². The summed E-state index contributed by atoms with van der Waals surface area (Å²) in [5, 5.41) is 27.1. The molecule has 2 aromatic carbocycles. The Balaban J connectivity index is 1.15. The fraction of sp³-hybridized carbons (Fsp3) is 0.405. The van der Waals surface area contributed by atoms with E-state index in [1.54, 1.807) is 41.6 Å². The third kappa shape index (κ3) is 9.73. The molecule has 5 atom stereocenters. The van der Waals surface area contributed by atoms with Crippen LogP contribution in [-0.2, 0) is 22.6 Å².